The highest BCUT2D eigenvalue weighted by molar-refractivity contribution is 7.12. The molecule has 2 aromatic heterocycles. The number of aromatic nitrogens is 1. The van der Waals surface area contributed by atoms with E-state index in [2.05, 4.69) is 10.3 Å². The summed E-state index contributed by atoms with van der Waals surface area (Å²) in [6, 6.07) is 8.85. The fourth-order valence-corrected chi connectivity index (χ4v) is 2.97. The SMILES string of the molecule is Nc1ccc(NC(=O)c2sccc2Cl)c2cccnc12. The molecule has 1 amide bonds. The number of amides is 1. The van der Waals surface area contributed by atoms with Crippen LogP contribution in [0.3, 0.4) is 0 Å². The number of hydrogen-bond donors (Lipinski definition) is 2. The van der Waals surface area contributed by atoms with Crippen LogP contribution in [0.25, 0.3) is 10.9 Å². The van der Waals surface area contributed by atoms with Crippen LogP contribution in [0.1, 0.15) is 9.67 Å². The summed E-state index contributed by atoms with van der Waals surface area (Å²) in [5.74, 6) is -0.236. The van der Waals surface area contributed by atoms with Gasteiger partial charge in [-0.05, 0) is 35.7 Å². The zero-order valence-electron chi connectivity index (χ0n) is 10.3. The highest BCUT2D eigenvalue weighted by Crippen LogP contribution is 2.28. The van der Waals surface area contributed by atoms with Crippen LogP contribution in [0.2, 0.25) is 5.02 Å². The zero-order chi connectivity index (χ0) is 14.1. The first-order chi connectivity index (χ1) is 9.66. The van der Waals surface area contributed by atoms with Crippen molar-refractivity contribution in [3.8, 4) is 0 Å². The van der Waals surface area contributed by atoms with Gasteiger partial charge in [-0.3, -0.25) is 9.78 Å². The minimum absolute atomic E-state index is 0.236. The van der Waals surface area contributed by atoms with Crippen LogP contribution < -0.4 is 11.1 Å². The molecule has 0 fully saturated rings. The van der Waals surface area contributed by atoms with Gasteiger partial charge in [0.2, 0.25) is 0 Å². The van der Waals surface area contributed by atoms with Crippen molar-refractivity contribution in [2.24, 2.45) is 0 Å². The van der Waals surface area contributed by atoms with Crippen molar-refractivity contribution in [2.45, 2.75) is 0 Å². The molecule has 3 rings (SSSR count). The Kier molecular flexibility index (Phi) is 3.30. The van der Waals surface area contributed by atoms with Crippen LogP contribution in [0.15, 0.2) is 41.9 Å². The Balaban J connectivity index is 2.02. The normalized spacial score (nSPS) is 10.7. The van der Waals surface area contributed by atoms with E-state index >= 15 is 0 Å². The molecule has 0 saturated heterocycles. The van der Waals surface area contributed by atoms with Gasteiger partial charge in [-0.1, -0.05) is 11.6 Å². The second-order valence-electron chi connectivity index (χ2n) is 4.15. The number of carbonyl (C=O) groups excluding carboxylic acids is 1. The highest BCUT2D eigenvalue weighted by Gasteiger charge is 2.14. The molecule has 0 aliphatic carbocycles. The van der Waals surface area contributed by atoms with E-state index in [-0.39, 0.29) is 5.91 Å². The van der Waals surface area contributed by atoms with Gasteiger partial charge in [0.25, 0.3) is 5.91 Å². The van der Waals surface area contributed by atoms with Gasteiger partial charge in [-0.25, -0.2) is 0 Å². The molecule has 0 aliphatic heterocycles. The first kappa shape index (κ1) is 12.9. The van der Waals surface area contributed by atoms with Gasteiger partial charge >= 0.3 is 0 Å². The number of nitrogens with one attached hydrogen (secondary N) is 1. The molecule has 0 unspecified atom stereocenters. The summed E-state index contributed by atoms with van der Waals surface area (Å²) in [4.78, 5) is 16.9. The maximum absolute atomic E-state index is 12.2. The molecule has 6 heteroatoms. The predicted octanol–water partition coefficient (Wildman–Crippen LogP) is 3.78. The number of carbonyl (C=O) groups is 1. The third-order valence-corrected chi connectivity index (χ3v) is 4.21. The number of benzene rings is 1. The Bertz CT molecular complexity index is 800. The molecule has 3 aromatic rings. The van der Waals surface area contributed by atoms with E-state index in [0.29, 0.717) is 26.8 Å². The largest absolute Gasteiger partial charge is 0.397 e. The van der Waals surface area contributed by atoms with Gasteiger partial charge in [0.15, 0.2) is 0 Å². The van der Waals surface area contributed by atoms with Gasteiger partial charge in [0.1, 0.15) is 4.88 Å². The first-order valence-electron chi connectivity index (χ1n) is 5.84. The topological polar surface area (TPSA) is 68.0 Å². The number of pyridine rings is 1. The van der Waals surface area contributed by atoms with Crippen molar-refractivity contribution in [3.05, 3.63) is 51.8 Å². The number of nitrogen functional groups attached to an aromatic ring is 1. The van der Waals surface area contributed by atoms with Crippen molar-refractivity contribution in [3.63, 3.8) is 0 Å². The molecule has 2 heterocycles. The maximum atomic E-state index is 12.2. The molecular formula is C14H10ClN3OS. The van der Waals surface area contributed by atoms with Gasteiger partial charge in [0.05, 0.1) is 21.9 Å². The van der Waals surface area contributed by atoms with Crippen molar-refractivity contribution in [1.29, 1.82) is 0 Å². The minimum atomic E-state index is -0.236. The standard InChI is InChI=1S/C14H10ClN3OS/c15-9-5-7-20-13(9)14(19)18-11-4-3-10(16)12-8(11)2-1-6-17-12/h1-7H,16H2,(H,18,19). The Morgan fingerprint density at radius 2 is 2.15 bits per heavy atom. The van der Waals surface area contributed by atoms with Gasteiger partial charge in [-0.2, -0.15) is 0 Å². The lowest BCUT2D eigenvalue weighted by molar-refractivity contribution is 0.103. The van der Waals surface area contributed by atoms with Gasteiger partial charge in [-0.15, -0.1) is 11.3 Å². The van der Waals surface area contributed by atoms with E-state index in [9.17, 15) is 4.79 Å². The van der Waals surface area contributed by atoms with Crippen molar-refractivity contribution >= 4 is 51.1 Å². The lowest BCUT2D eigenvalue weighted by Gasteiger charge is -2.09. The molecule has 0 bridgehead atoms. The third kappa shape index (κ3) is 2.21. The van der Waals surface area contributed by atoms with Crippen molar-refractivity contribution < 1.29 is 4.79 Å². The molecule has 100 valence electrons. The number of halogens is 1. The number of fused-ring (bicyclic) bond motifs is 1. The lowest BCUT2D eigenvalue weighted by Crippen LogP contribution is -2.11. The number of anilines is 2. The van der Waals surface area contributed by atoms with Crippen molar-refractivity contribution in [1.82, 2.24) is 4.98 Å². The molecule has 0 spiro atoms. The number of hydrogen-bond acceptors (Lipinski definition) is 4. The van der Waals surface area contributed by atoms with Crippen LogP contribution in [-0.2, 0) is 0 Å². The van der Waals surface area contributed by atoms with Crippen LogP contribution in [0, 0.1) is 0 Å². The van der Waals surface area contributed by atoms with Crippen LogP contribution >= 0.6 is 22.9 Å². The molecular weight excluding hydrogens is 294 g/mol. The van der Waals surface area contributed by atoms with Crippen LogP contribution in [-0.4, -0.2) is 10.9 Å². The Morgan fingerprint density at radius 3 is 2.90 bits per heavy atom. The maximum Gasteiger partial charge on any atom is 0.267 e. The zero-order valence-corrected chi connectivity index (χ0v) is 11.8. The molecule has 0 radical (unpaired) electrons. The highest BCUT2D eigenvalue weighted by atomic mass is 35.5. The smallest absolute Gasteiger partial charge is 0.267 e. The molecule has 1 aromatic carbocycles. The van der Waals surface area contributed by atoms with E-state index in [1.165, 1.54) is 11.3 Å². The Morgan fingerprint density at radius 1 is 1.30 bits per heavy atom. The second-order valence-corrected chi connectivity index (χ2v) is 5.48. The quantitative estimate of drug-likeness (QED) is 0.708. The summed E-state index contributed by atoms with van der Waals surface area (Å²) in [6.07, 6.45) is 1.67. The fourth-order valence-electron chi connectivity index (χ4n) is 1.94. The summed E-state index contributed by atoms with van der Waals surface area (Å²) >= 11 is 7.26. The van der Waals surface area contributed by atoms with Crippen molar-refractivity contribution in [2.75, 3.05) is 11.1 Å². The molecule has 20 heavy (non-hydrogen) atoms. The fraction of sp³-hybridized carbons (Fsp3) is 0. The molecule has 0 aliphatic rings. The number of rotatable bonds is 2. The number of nitrogens with two attached hydrogens (primary N) is 1. The number of thiophene rings is 1. The minimum Gasteiger partial charge on any atom is -0.397 e. The monoisotopic (exact) mass is 303 g/mol. The van der Waals surface area contributed by atoms with Crippen LogP contribution in [0.4, 0.5) is 11.4 Å². The second kappa shape index (κ2) is 5.11. The summed E-state index contributed by atoms with van der Waals surface area (Å²) in [5.41, 5.74) is 7.79. The van der Waals surface area contributed by atoms with Gasteiger partial charge in [0, 0.05) is 11.6 Å². The average molecular weight is 304 g/mol. The summed E-state index contributed by atoms with van der Waals surface area (Å²) in [6.45, 7) is 0. The molecule has 3 N–H and O–H groups in total. The van der Waals surface area contributed by atoms with E-state index in [4.69, 9.17) is 17.3 Å². The van der Waals surface area contributed by atoms with Gasteiger partial charge < -0.3 is 11.1 Å². The van der Waals surface area contributed by atoms with E-state index in [1.807, 2.05) is 6.07 Å². The molecule has 0 atom stereocenters. The van der Waals surface area contributed by atoms with E-state index in [1.54, 1.807) is 35.8 Å². The summed E-state index contributed by atoms with van der Waals surface area (Å²) in [5, 5.41) is 5.87. The van der Waals surface area contributed by atoms with Crippen LogP contribution in [0.5, 0.6) is 0 Å². The lowest BCUT2D eigenvalue weighted by atomic mass is 10.1. The Hall–Kier alpha value is -2.11. The summed E-state index contributed by atoms with van der Waals surface area (Å²) in [7, 11) is 0. The van der Waals surface area contributed by atoms with E-state index < -0.39 is 0 Å². The van der Waals surface area contributed by atoms with E-state index in [0.717, 1.165) is 5.39 Å². The average Bonchev–Trinajstić information content (AvgIpc) is 2.88. The molecule has 4 nitrogen and oxygen atoms in total. The first-order valence-corrected chi connectivity index (χ1v) is 7.10. The molecule has 0 saturated carbocycles. The summed E-state index contributed by atoms with van der Waals surface area (Å²) < 4.78 is 0. The third-order valence-electron chi connectivity index (χ3n) is 2.87. The number of nitrogens with zero attached hydrogens (tertiary/aromatic N) is 1. The predicted molar refractivity (Wildman–Crippen MR) is 83.4 cm³/mol. The Labute approximate surface area is 124 Å².